The van der Waals surface area contributed by atoms with Gasteiger partial charge in [0.1, 0.15) is 17.7 Å². The second-order valence-corrected chi connectivity index (χ2v) is 3.09. The van der Waals surface area contributed by atoms with E-state index in [1.54, 1.807) is 13.4 Å². The highest BCUT2D eigenvalue weighted by Gasteiger charge is 2.07. The summed E-state index contributed by atoms with van der Waals surface area (Å²) in [6.07, 6.45) is 1.55. The van der Waals surface area contributed by atoms with Gasteiger partial charge < -0.3 is 9.26 Å². The summed E-state index contributed by atoms with van der Waals surface area (Å²) in [6, 6.07) is 7.79. The molecule has 0 bridgehead atoms. The molecular formula is C11H11NO2. The van der Waals surface area contributed by atoms with E-state index in [0.29, 0.717) is 0 Å². The molecule has 1 aromatic heterocycles. The van der Waals surface area contributed by atoms with Crippen LogP contribution >= 0.6 is 0 Å². The van der Waals surface area contributed by atoms with Crippen molar-refractivity contribution in [2.75, 3.05) is 7.11 Å². The van der Waals surface area contributed by atoms with Crippen molar-refractivity contribution in [3.8, 4) is 17.0 Å². The molecule has 0 saturated carbocycles. The van der Waals surface area contributed by atoms with E-state index in [4.69, 9.17) is 9.26 Å². The maximum absolute atomic E-state index is 5.27. The fourth-order valence-corrected chi connectivity index (χ4v) is 1.36. The number of nitrogens with zero attached hydrogens (tertiary/aromatic N) is 1. The first-order valence-electron chi connectivity index (χ1n) is 4.36. The van der Waals surface area contributed by atoms with Gasteiger partial charge >= 0.3 is 0 Å². The lowest BCUT2D eigenvalue weighted by atomic mass is 10.1. The van der Waals surface area contributed by atoms with Crippen LogP contribution in [0.15, 0.2) is 35.1 Å². The smallest absolute Gasteiger partial charge is 0.128 e. The third kappa shape index (κ3) is 1.48. The largest absolute Gasteiger partial charge is 0.496 e. The minimum atomic E-state index is 0.793. The zero-order valence-electron chi connectivity index (χ0n) is 8.15. The molecule has 0 saturated heterocycles. The molecule has 0 unspecified atom stereocenters. The summed E-state index contributed by atoms with van der Waals surface area (Å²) in [5.74, 6) is 0.818. The molecule has 72 valence electrons. The first-order valence-corrected chi connectivity index (χ1v) is 4.36. The van der Waals surface area contributed by atoms with E-state index in [2.05, 4.69) is 5.16 Å². The Kier molecular flexibility index (Phi) is 2.23. The minimum absolute atomic E-state index is 0.793. The maximum Gasteiger partial charge on any atom is 0.128 e. The van der Waals surface area contributed by atoms with Crippen molar-refractivity contribution in [3.05, 3.63) is 36.1 Å². The van der Waals surface area contributed by atoms with Crippen LogP contribution in [0.3, 0.4) is 0 Å². The monoisotopic (exact) mass is 189 g/mol. The predicted molar refractivity (Wildman–Crippen MR) is 53.2 cm³/mol. The molecule has 1 aromatic carbocycles. The van der Waals surface area contributed by atoms with E-state index in [-0.39, 0.29) is 0 Å². The van der Waals surface area contributed by atoms with Crippen molar-refractivity contribution in [1.82, 2.24) is 5.16 Å². The van der Waals surface area contributed by atoms with Crippen molar-refractivity contribution >= 4 is 0 Å². The van der Waals surface area contributed by atoms with Crippen LogP contribution in [0.1, 0.15) is 5.56 Å². The van der Waals surface area contributed by atoms with Crippen molar-refractivity contribution in [2.45, 2.75) is 6.92 Å². The Morgan fingerprint density at radius 1 is 1.29 bits per heavy atom. The molecule has 2 aromatic rings. The number of aryl methyl sites for hydroxylation is 1. The standard InChI is InChI=1S/C11H11NO2/c1-8-3-4-9(11(7-8)13-2)10-5-6-14-12-10/h3-7H,1-2H3. The molecule has 0 radical (unpaired) electrons. The number of rotatable bonds is 2. The Bertz CT molecular complexity index is 421. The van der Waals surface area contributed by atoms with Crippen molar-refractivity contribution < 1.29 is 9.26 Å². The Morgan fingerprint density at radius 2 is 2.14 bits per heavy atom. The lowest BCUT2D eigenvalue weighted by molar-refractivity contribution is 0.411. The normalized spacial score (nSPS) is 10.1. The van der Waals surface area contributed by atoms with Gasteiger partial charge in [-0.15, -0.1) is 0 Å². The number of benzene rings is 1. The van der Waals surface area contributed by atoms with Gasteiger partial charge in [-0.2, -0.15) is 0 Å². The fourth-order valence-electron chi connectivity index (χ4n) is 1.36. The van der Waals surface area contributed by atoms with Crippen LogP contribution in [-0.2, 0) is 0 Å². The molecule has 0 atom stereocenters. The van der Waals surface area contributed by atoms with E-state index in [1.165, 1.54) is 0 Å². The Hall–Kier alpha value is -1.77. The average Bonchev–Trinajstić information content (AvgIpc) is 2.70. The molecule has 1 heterocycles. The summed E-state index contributed by atoms with van der Waals surface area (Å²) in [4.78, 5) is 0. The van der Waals surface area contributed by atoms with Gasteiger partial charge in [-0.3, -0.25) is 0 Å². The topological polar surface area (TPSA) is 35.3 Å². The van der Waals surface area contributed by atoms with Gasteiger partial charge in [0.2, 0.25) is 0 Å². The van der Waals surface area contributed by atoms with E-state index >= 15 is 0 Å². The molecule has 3 nitrogen and oxygen atoms in total. The molecule has 0 N–H and O–H groups in total. The average molecular weight is 189 g/mol. The summed E-state index contributed by atoms with van der Waals surface area (Å²) in [7, 11) is 1.65. The Balaban J connectivity index is 2.53. The fraction of sp³-hybridized carbons (Fsp3) is 0.182. The highest BCUT2D eigenvalue weighted by atomic mass is 16.5. The molecule has 3 heteroatoms. The van der Waals surface area contributed by atoms with Crippen LogP contribution in [0.25, 0.3) is 11.3 Å². The molecule has 0 aliphatic carbocycles. The molecule has 0 aliphatic rings. The van der Waals surface area contributed by atoms with Gasteiger partial charge in [-0.1, -0.05) is 11.2 Å². The second-order valence-electron chi connectivity index (χ2n) is 3.09. The van der Waals surface area contributed by atoms with E-state index in [1.807, 2.05) is 31.2 Å². The summed E-state index contributed by atoms with van der Waals surface area (Å²) in [5, 5.41) is 3.87. The van der Waals surface area contributed by atoms with E-state index < -0.39 is 0 Å². The highest BCUT2D eigenvalue weighted by Crippen LogP contribution is 2.29. The summed E-state index contributed by atoms with van der Waals surface area (Å²) in [5.41, 5.74) is 2.91. The third-order valence-electron chi connectivity index (χ3n) is 2.07. The van der Waals surface area contributed by atoms with Crippen molar-refractivity contribution in [2.24, 2.45) is 0 Å². The zero-order valence-corrected chi connectivity index (χ0v) is 8.15. The molecular weight excluding hydrogens is 178 g/mol. The highest BCUT2D eigenvalue weighted by molar-refractivity contribution is 5.67. The number of hydrogen-bond donors (Lipinski definition) is 0. The molecule has 0 aliphatic heterocycles. The first-order chi connectivity index (χ1) is 6.81. The van der Waals surface area contributed by atoms with Crippen molar-refractivity contribution in [3.63, 3.8) is 0 Å². The van der Waals surface area contributed by atoms with Crippen LogP contribution in [0.4, 0.5) is 0 Å². The summed E-state index contributed by atoms with van der Waals surface area (Å²) >= 11 is 0. The van der Waals surface area contributed by atoms with Crippen LogP contribution in [-0.4, -0.2) is 12.3 Å². The Morgan fingerprint density at radius 3 is 2.79 bits per heavy atom. The lowest BCUT2D eigenvalue weighted by Crippen LogP contribution is -1.88. The zero-order chi connectivity index (χ0) is 9.97. The molecule has 14 heavy (non-hydrogen) atoms. The first kappa shape index (κ1) is 8.81. The van der Waals surface area contributed by atoms with Gasteiger partial charge in [-0.05, 0) is 24.6 Å². The minimum Gasteiger partial charge on any atom is -0.496 e. The number of methoxy groups -OCH3 is 1. The third-order valence-corrected chi connectivity index (χ3v) is 2.07. The number of hydrogen-bond acceptors (Lipinski definition) is 3. The summed E-state index contributed by atoms with van der Waals surface area (Å²) < 4.78 is 10.1. The Labute approximate surface area is 82.3 Å². The van der Waals surface area contributed by atoms with Crippen LogP contribution < -0.4 is 4.74 Å². The van der Waals surface area contributed by atoms with Gasteiger partial charge in [0.05, 0.1) is 7.11 Å². The second kappa shape index (κ2) is 3.54. The van der Waals surface area contributed by atoms with Gasteiger partial charge in [0.15, 0.2) is 0 Å². The van der Waals surface area contributed by atoms with E-state index in [0.717, 1.165) is 22.6 Å². The SMILES string of the molecule is COc1cc(C)ccc1-c1ccon1. The van der Waals surface area contributed by atoms with Crippen LogP contribution in [0.5, 0.6) is 5.75 Å². The summed E-state index contributed by atoms with van der Waals surface area (Å²) in [6.45, 7) is 2.02. The number of aromatic nitrogens is 1. The van der Waals surface area contributed by atoms with E-state index in [9.17, 15) is 0 Å². The molecule has 0 amide bonds. The van der Waals surface area contributed by atoms with Gasteiger partial charge in [0.25, 0.3) is 0 Å². The maximum atomic E-state index is 5.27. The molecule has 0 fully saturated rings. The van der Waals surface area contributed by atoms with Crippen LogP contribution in [0, 0.1) is 6.92 Å². The van der Waals surface area contributed by atoms with Gasteiger partial charge in [0, 0.05) is 11.6 Å². The van der Waals surface area contributed by atoms with Crippen LogP contribution in [0.2, 0.25) is 0 Å². The predicted octanol–water partition coefficient (Wildman–Crippen LogP) is 2.66. The quantitative estimate of drug-likeness (QED) is 0.728. The lowest BCUT2D eigenvalue weighted by Gasteiger charge is -2.06. The molecule has 2 rings (SSSR count). The van der Waals surface area contributed by atoms with Gasteiger partial charge in [-0.25, -0.2) is 0 Å². The number of ether oxygens (including phenoxy) is 1. The molecule has 0 spiro atoms. The van der Waals surface area contributed by atoms with Crippen molar-refractivity contribution in [1.29, 1.82) is 0 Å².